The summed E-state index contributed by atoms with van der Waals surface area (Å²) < 4.78 is 2.10. The van der Waals surface area contributed by atoms with Crippen molar-refractivity contribution >= 4 is 5.82 Å². The third-order valence-electron chi connectivity index (χ3n) is 4.85. The number of pyridine rings is 1. The van der Waals surface area contributed by atoms with Gasteiger partial charge in [-0.25, -0.2) is 9.97 Å². The number of nitrogens with one attached hydrogen (secondary N) is 1. The van der Waals surface area contributed by atoms with E-state index < -0.39 is 0 Å². The fraction of sp³-hybridized carbons (Fsp3) is 0.500. The summed E-state index contributed by atoms with van der Waals surface area (Å²) >= 11 is 0. The van der Waals surface area contributed by atoms with E-state index >= 15 is 0 Å². The Bertz CT molecular complexity index is 744. The molecule has 126 valence electrons. The largest absolute Gasteiger partial charge is 0.369 e. The standard InChI is InChI=1S/C18H24N6/c1-13-6-7-14(9-19)18(22-13)21-10-15-5-4-8-23(2)17(15)16-11-20-12-24(16)3/h6-7,11-12,15,17H,4-5,8,10H2,1-3H3,(H,21,22)/t15-,17+/m0/s1. The Morgan fingerprint density at radius 1 is 1.38 bits per heavy atom. The van der Waals surface area contributed by atoms with Gasteiger partial charge in [-0.05, 0) is 51.4 Å². The predicted octanol–water partition coefficient (Wildman–Crippen LogP) is 2.49. The molecule has 2 aromatic rings. The Morgan fingerprint density at radius 3 is 2.92 bits per heavy atom. The zero-order valence-corrected chi connectivity index (χ0v) is 14.5. The van der Waals surface area contributed by atoms with E-state index in [1.807, 2.05) is 38.6 Å². The number of aromatic nitrogens is 3. The molecular formula is C18H24N6. The van der Waals surface area contributed by atoms with Crippen molar-refractivity contribution < 1.29 is 0 Å². The van der Waals surface area contributed by atoms with Gasteiger partial charge in [0.25, 0.3) is 0 Å². The molecule has 1 saturated heterocycles. The van der Waals surface area contributed by atoms with E-state index in [0.717, 1.165) is 25.2 Å². The maximum absolute atomic E-state index is 9.28. The van der Waals surface area contributed by atoms with Crippen molar-refractivity contribution in [1.29, 1.82) is 5.26 Å². The normalized spacial score (nSPS) is 21.4. The van der Waals surface area contributed by atoms with Crippen molar-refractivity contribution in [3.8, 4) is 6.07 Å². The molecule has 0 spiro atoms. The van der Waals surface area contributed by atoms with Crippen LogP contribution in [-0.4, -0.2) is 39.6 Å². The maximum Gasteiger partial charge on any atom is 0.144 e. The zero-order chi connectivity index (χ0) is 17.1. The number of hydrogen-bond donors (Lipinski definition) is 1. The average Bonchev–Trinajstić information content (AvgIpc) is 2.99. The molecule has 6 heteroatoms. The van der Waals surface area contributed by atoms with Crippen LogP contribution in [0.2, 0.25) is 0 Å². The fourth-order valence-corrected chi connectivity index (χ4v) is 3.60. The summed E-state index contributed by atoms with van der Waals surface area (Å²) in [6.45, 7) is 3.84. The molecule has 1 aliphatic heterocycles. The molecule has 3 rings (SSSR count). The first-order valence-corrected chi connectivity index (χ1v) is 8.38. The zero-order valence-electron chi connectivity index (χ0n) is 14.5. The second-order valence-electron chi connectivity index (χ2n) is 6.60. The number of aryl methyl sites for hydroxylation is 2. The van der Waals surface area contributed by atoms with E-state index in [9.17, 15) is 5.26 Å². The smallest absolute Gasteiger partial charge is 0.144 e. The van der Waals surface area contributed by atoms with E-state index in [2.05, 4.69) is 37.9 Å². The summed E-state index contributed by atoms with van der Waals surface area (Å²) in [7, 11) is 4.22. The highest BCUT2D eigenvalue weighted by Crippen LogP contribution is 2.34. The van der Waals surface area contributed by atoms with Crippen LogP contribution < -0.4 is 5.32 Å². The molecule has 24 heavy (non-hydrogen) atoms. The number of rotatable bonds is 4. The third-order valence-corrected chi connectivity index (χ3v) is 4.85. The molecule has 1 fully saturated rings. The molecule has 0 saturated carbocycles. The molecule has 0 unspecified atom stereocenters. The van der Waals surface area contributed by atoms with Crippen LogP contribution >= 0.6 is 0 Å². The molecule has 2 atom stereocenters. The van der Waals surface area contributed by atoms with Crippen LogP contribution in [0.5, 0.6) is 0 Å². The second kappa shape index (κ2) is 7.02. The first kappa shape index (κ1) is 16.5. The van der Waals surface area contributed by atoms with Gasteiger partial charge in [-0.2, -0.15) is 5.26 Å². The van der Waals surface area contributed by atoms with Gasteiger partial charge in [-0.15, -0.1) is 0 Å². The molecule has 0 amide bonds. The summed E-state index contributed by atoms with van der Waals surface area (Å²) in [4.78, 5) is 11.2. The van der Waals surface area contributed by atoms with Crippen molar-refractivity contribution in [2.24, 2.45) is 13.0 Å². The number of imidazole rings is 1. The number of piperidine rings is 1. The van der Waals surface area contributed by atoms with Crippen LogP contribution in [0.15, 0.2) is 24.7 Å². The van der Waals surface area contributed by atoms with Crippen LogP contribution in [0, 0.1) is 24.2 Å². The fourth-order valence-electron chi connectivity index (χ4n) is 3.60. The predicted molar refractivity (Wildman–Crippen MR) is 93.5 cm³/mol. The van der Waals surface area contributed by atoms with Gasteiger partial charge < -0.3 is 9.88 Å². The molecule has 3 heterocycles. The molecule has 1 aliphatic rings. The maximum atomic E-state index is 9.28. The molecule has 0 aromatic carbocycles. The molecule has 0 bridgehead atoms. The Kier molecular flexibility index (Phi) is 4.81. The van der Waals surface area contributed by atoms with E-state index in [1.165, 1.54) is 12.1 Å². The van der Waals surface area contributed by atoms with Gasteiger partial charge in [-0.1, -0.05) is 0 Å². The van der Waals surface area contributed by atoms with Gasteiger partial charge in [0, 0.05) is 25.5 Å². The molecule has 1 N–H and O–H groups in total. The van der Waals surface area contributed by atoms with Crippen LogP contribution in [0.4, 0.5) is 5.82 Å². The Hall–Kier alpha value is -2.39. The summed E-state index contributed by atoms with van der Waals surface area (Å²) in [5.41, 5.74) is 2.75. The van der Waals surface area contributed by atoms with Gasteiger partial charge in [0.1, 0.15) is 11.9 Å². The Morgan fingerprint density at radius 2 is 2.21 bits per heavy atom. The highest BCUT2D eigenvalue weighted by atomic mass is 15.2. The van der Waals surface area contributed by atoms with E-state index in [-0.39, 0.29) is 0 Å². The number of anilines is 1. The van der Waals surface area contributed by atoms with E-state index in [4.69, 9.17) is 0 Å². The number of likely N-dealkylation sites (tertiary alicyclic amines) is 1. The summed E-state index contributed by atoms with van der Waals surface area (Å²) in [5.74, 6) is 1.14. The topological polar surface area (TPSA) is 69.8 Å². The summed E-state index contributed by atoms with van der Waals surface area (Å²) in [6, 6.07) is 6.25. The van der Waals surface area contributed by atoms with Crippen molar-refractivity contribution in [1.82, 2.24) is 19.4 Å². The van der Waals surface area contributed by atoms with Crippen LogP contribution in [0.25, 0.3) is 0 Å². The van der Waals surface area contributed by atoms with E-state index in [1.54, 1.807) is 0 Å². The lowest BCUT2D eigenvalue weighted by molar-refractivity contribution is 0.122. The highest BCUT2D eigenvalue weighted by molar-refractivity contribution is 5.52. The lowest BCUT2D eigenvalue weighted by atomic mass is 9.87. The Balaban J connectivity index is 1.79. The van der Waals surface area contributed by atoms with Crippen molar-refractivity contribution in [2.45, 2.75) is 25.8 Å². The van der Waals surface area contributed by atoms with Gasteiger partial charge in [0.05, 0.1) is 23.6 Å². The van der Waals surface area contributed by atoms with Crippen molar-refractivity contribution in [3.63, 3.8) is 0 Å². The molecule has 6 nitrogen and oxygen atoms in total. The lowest BCUT2D eigenvalue weighted by Crippen LogP contribution is -2.39. The number of nitrogens with zero attached hydrogens (tertiary/aromatic N) is 5. The third kappa shape index (κ3) is 3.26. The molecular weight excluding hydrogens is 300 g/mol. The van der Waals surface area contributed by atoms with Gasteiger partial charge in [0.2, 0.25) is 0 Å². The molecule has 2 aromatic heterocycles. The van der Waals surface area contributed by atoms with Gasteiger partial charge >= 0.3 is 0 Å². The average molecular weight is 324 g/mol. The van der Waals surface area contributed by atoms with Crippen LogP contribution in [0.3, 0.4) is 0 Å². The number of hydrogen-bond acceptors (Lipinski definition) is 5. The van der Waals surface area contributed by atoms with Crippen molar-refractivity contribution in [3.05, 3.63) is 41.6 Å². The molecule has 0 aliphatic carbocycles. The monoisotopic (exact) mass is 324 g/mol. The Labute approximate surface area is 143 Å². The number of nitriles is 1. The first-order chi connectivity index (χ1) is 11.6. The van der Waals surface area contributed by atoms with Gasteiger partial charge in [-0.3, -0.25) is 4.90 Å². The quantitative estimate of drug-likeness (QED) is 0.935. The minimum atomic E-state index is 0.328. The van der Waals surface area contributed by atoms with Crippen molar-refractivity contribution in [2.75, 3.05) is 25.5 Å². The van der Waals surface area contributed by atoms with Gasteiger partial charge in [0.15, 0.2) is 0 Å². The SMILES string of the molecule is Cc1ccc(C#N)c(NC[C@@H]2CCCN(C)[C@H]2c2cncn2C)n1. The summed E-state index contributed by atoms with van der Waals surface area (Å²) in [6.07, 6.45) is 6.16. The lowest BCUT2D eigenvalue weighted by Gasteiger charge is -2.39. The van der Waals surface area contributed by atoms with E-state index in [0.29, 0.717) is 23.3 Å². The minimum Gasteiger partial charge on any atom is -0.369 e. The second-order valence-corrected chi connectivity index (χ2v) is 6.60. The van der Waals surface area contributed by atoms with Crippen LogP contribution in [0.1, 0.15) is 35.8 Å². The van der Waals surface area contributed by atoms with Crippen LogP contribution in [-0.2, 0) is 7.05 Å². The highest BCUT2D eigenvalue weighted by Gasteiger charge is 2.32. The first-order valence-electron chi connectivity index (χ1n) is 8.38. The summed E-state index contributed by atoms with van der Waals surface area (Å²) in [5, 5.41) is 12.7. The molecule has 0 radical (unpaired) electrons. The minimum absolute atomic E-state index is 0.328.